The number of ether oxygens (including phenoxy) is 2. The van der Waals surface area contributed by atoms with Crippen molar-refractivity contribution in [3.8, 4) is 0 Å². The summed E-state index contributed by atoms with van der Waals surface area (Å²) >= 11 is 0. The van der Waals surface area contributed by atoms with Crippen LogP contribution < -0.4 is 5.32 Å². The first-order valence-electron chi connectivity index (χ1n) is 22.0. The van der Waals surface area contributed by atoms with E-state index in [4.69, 9.17) is 9.47 Å². The number of carbonyl (C=O) groups excluding carboxylic acids is 1. The maximum Gasteiger partial charge on any atom is 0.249 e. The molecule has 0 spiro atoms. The summed E-state index contributed by atoms with van der Waals surface area (Å²) in [7, 11) is 0. The normalized spacial score (nSPS) is 22.8. The number of hydrogen-bond acceptors (Lipinski definition) is 10. The SMILES string of the molecule is CCCC/C=C\CCCCCCC(O)C(=O)NC(COC1OC(CO)C(O)C(O)C1O)C(O)C(O)CCC/C=C/CC/C=C/CC/C=C/CCCCCCCC. The van der Waals surface area contributed by atoms with Gasteiger partial charge in [-0.3, -0.25) is 4.79 Å². The van der Waals surface area contributed by atoms with Gasteiger partial charge in [0.15, 0.2) is 6.29 Å². The minimum atomic E-state index is -1.67. The molecule has 326 valence electrons. The number of unbranched alkanes of at least 4 members (excludes halogenated alkanes) is 15. The maximum atomic E-state index is 13.0. The van der Waals surface area contributed by atoms with Crippen LogP contribution in [0.1, 0.15) is 162 Å². The molecule has 11 nitrogen and oxygen atoms in total. The monoisotopic (exact) mass is 796 g/mol. The summed E-state index contributed by atoms with van der Waals surface area (Å²) < 4.78 is 11.0. The van der Waals surface area contributed by atoms with Crippen LogP contribution in [0.25, 0.3) is 0 Å². The van der Waals surface area contributed by atoms with Crippen LogP contribution in [0.4, 0.5) is 0 Å². The first-order chi connectivity index (χ1) is 27.2. The Labute approximate surface area is 339 Å². The number of allylic oxidation sites excluding steroid dienone is 8. The third kappa shape index (κ3) is 24.8. The lowest BCUT2D eigenvalue weighted by atomic mass is 9.98. The standard InChI is InChI=1S/C45H81NO10/c1-3-5-7-9-11-13-15-16-17-18-19-20-21-22-23-25-26-28-30-32-37(48)40(50)36(35-55-45-43(53)42(52)41(51)39(34-47)56-45)46-44(54)38(49)33-31-29-27-24-14-12-10-8-6-4-2/h10,12,16-17,20-21,25-26,36-43,45,47-53H,3-9,11,13-15,18-19,22-24,27-35H2,1-2H3,(H,46,54)/b12-10-,17-16+,21-20+,26-25+. The molecule has 1 aliphatic heterocycles. The Morgan fingerprint density at radius 3 is 1.64 bits per heavy atom. The van der Waals surface area contributed by atoms with E-state index in [1.54, 1.807) is 0 Å². The molecule has 0 aromatic rings. The summed E-state index contributed by atoms with van der Waals surface area (Å²) in [5.74, 6) is -0.727. The molecule has 1 heterocycles. The van der Waals surface area contributed by atoms with Gasteiger partial charge in [-0.25, -0.2) is 0 Å². The fourth-order valence-corrected chi connectivity index (χ4v) is 6.57. The molecule has 1 amide bonds. The van der Waals surface area contributed by atoms with E-state index in [1.807, 2.05) is 0 Å². The first kappa shape index (κ1) is 52.1. The Morgan fingerprint density at radius 2 is 1.09 bits per heavy atom. The van der Waals surface area contributed by atoms with Crippen LogP contribution in [0, 0.1) is 0 Å². The highest BCUT2D eigenvalue weighted by Gasteiger charge is 2.44. The number of amides is 1. The van der Waals surface area contributed by atoms with E-state index in [9.17, 15) is 40.5 Å². The van der Waals surface area contributed by atoms with Crippen LogP contribution in [0.5, 0.6) is 0 Å². The molecular formula is C45H81NO10. The van der Waals surface area contributed by atoms with E-state index < -0.39 is 74.2 Å². The van der Waals surface area contributed by atoms with Crippen molar-refractivity contribution in [2.75, 3.05) is 13.2 Å². The van der Waals surface area contributed by atoms with E-state index in [-0.39, 0.29) is 12.8 Å². The summed E-state index contributed by atoms with van der Waals surface area (Å²) in [5.41, 5.74) is 0. The molecule has 0 saturated carbocycles. The molecule has 1 saturated heterocycles. The molecular weight excluding hydrogens is 714 g/mol. The second kappa shape index (κ2) is 35.1. The highest BCUT2D eigenvalue weighted by Crippen LogP contribution is 2.23. The Hall–Kier alpha value is -1.93. The predicted octanol–water partition coefficient (Wildman–Crippen LogP) is 6.61. The second-order valence-corrected chi connectivity index (χ2v) is 15.4. The molecule has 0 aromatic heterocycles. The summed E-state index contributed by atoms with van der Waals surface area (Å²) in [6.07, 6.45) is 28.9. The second-order valence-electron chi connectivity index (χ2n) is 15.4. The zero-order chi connectivity index (χ0) is 41.2. The Morgan fingerprint density at radius 1 is 0.607 bits per heavy atom. The van der Waals surface area contributed by atoms with Gasteiger partial charge in [-0.05, 0) is 83.5 Å². The number of hydrogen-bond donors (Lipinski definition) is 8. The van der Waals surface area contributed by atoms with Gasteiger partial charge in [-0.1, -0.05) is 127 Å². The van der Waals surface area contributed by atoms with Crippen LogP contribution in [0.2, 0.25) is 0 Å². The van der Waals surface area contributed by atoms with Gasteiger partial charge in [-0.2, -0.15) is 0 Å². The lowest BCUT2D eigenvalue weighted by Crippen LogP contribution is -2.60. The zero-order valence-corrected chi connectivity index (χ0v) is 34.8. The van der Waals surface area contributed by atoms with Crippen molar-refractivity contribution in [3.05, 3.63) is 48.6 Å². The minimum Gasteiger partial charge on any atom is -0.394 e. The molecule has 9 atom stereocenters. The summed E-state index contributed by atoms with van der Waals surface area (Å²) in [4.78, 5) is 13.0. The molecule has 1 rings (SSSR count). The predicted molar refractivity (Wildman–Crippen MR) is 224 cm³/mol. The van der Waals surface area contributed by atoms with E-state index in [0.717, 1.165) is 57.8 Å². The first-order valence-corrected chi connectivity index (χ1v) is 22.0. The van der Waals surface area contributed by atoms with Crippen LogP contribution in [-0.4, -0.2) is 110 Å². The van der Waals surface area contributed by atoms with Crippen LogP contribution in [-0.2, 0) is 14.3 Å². The number of rotatable bonds is 35. The minimum absolute atomic E-state index is 0.232. The lowest BCUT2D eigenvalue weighted by molar-refractivity contribution is -0.303. The number of carbonyl (C=O) groups is 1. The molecule has 8 N–H and O–H groups in total. The van der Waals surface area contributed by atoms with Gasteiger partial charge in [0.2, 0.25) is 5.91 Å². The van der Waals surface area contributed by atoms with Crippen LogP contribution in [0.3, 0.4) is 0 Å². The van der Waals surface area contributed by atoms with E-state index in [1.165, 1.54) is 57.8 Å². The molecule has 0 aliphatic carbocycles. The number of aliphatic hydroxyl groups is 7. The third-order valence-corrected chi connectivity index (χ3v) is 10.3. The molecule has 1 aliphatic rings. The Balaban J connectivity index is 2.52. The third-order valence-electron chi connectivity index (χ3n) is 10.3. The average Bonchev–Trinajstić information content (AvgIpc) is 3.20. The van der Waals surface area contributed by atoms with Crippen molar-refractivity contribution in [1.29, 1.82) is 0 Å². The fraction of sp³-hybridized carbons (Fsp3) is 0.800. The molecule has 56 heavy (non-hydrogen) atoms. The zero-order valence-electron chi connectivity index (χ0n) is 34.8. The van der Waals surface area contributed by atoms with Crippen molar-refractivity contribution in [3.63, 3.8) is 0 Å². The largest absolute Gasteiger partial charge is 0.394 e. The van der Waals surface area contributed by atoms with Crippen LogP contribution in [0.15, 0.2) is 48.6 Å². The summed E-state index contributed by atoms with van der Waals surface area (Å²) in [5, 5.41) is 75.4. The number of nitrogens with one attached hydrogen (secondary N) is 1. The van der Waals surface area contributed by atoms with Gasteiger partial charge < -0.3 is 50.5 Å². The van der Waals surface area contributed by atoms with Crippen molar-refractivity contribution >= 4 is 5.91 Å². The Kier molecular flexibility index (Phi) is 32.6. The van der Waals surface area contributed by atoms with Gasteiger partial charge in [-0.15, -0.1) is 0 Å². The van der Waals surface area contributed by atoms with E-state index in [0.29, 0.717) is 19.3 Å². The molecule has 0 bridgehead atoms. The quantitative estimate of drug-likeness (QED) is 0.0256. The van der Waals surface area contributed by atoms with Crippen molar-refractivity contribution in [2.24, 2.45) is 0 Å². The highest BCUT2D eigenvalue weighted by atomic mass is 16.7. The fourth-order valence-electron chi connectivity index (χ4n) is 6.57. The van der Waals surface area contributed by atoms with E-state index in [2.05, 4.69) is 67.8 Å². The van der Waals surface area contributed by atoms with Crippen molar-refractivity contribution < 1.29 is 50.0 Å². The highest BCUT2D eigenvalue weighted by molar-refractivity contribution is 5.80. The van der Waals surface area contributed by atoms with Gasteiger partial charge in [0, 0.05) is 0 Å². The van der Waals surface area contributed by atoms with E-state index >= 15 is 0 Å². The molecule has 0 aromatic carbocycles. The smallest absolute Gasteiger partial charge is 0.249 e. The average molecular weight is 796 g/mol. The topological polar surface area (TPSA) is 189 Å². The number of aliphatic hydroxyl groups excluding tert-OH is 7. The van der Waals surface area contributed by atoms with Gasteiger partial charge in [0.25, 0.3) is 0 Å². The van der Waals surface area contributed by atoms with Crippen molar-refractivity contribution in [1.82, 2.24) is 5.32 Å². The van der Waals surface area contributed by atoms with Gasteiger partial charge >= 0.3 is 0 Å². The van der Waals surface area contributed by atoms with Crippen LogP contribution >= 0.6 is 0 Å². The lowest BCUT2D eigenvalue weighted by Gasteiger charge is -2.40. The summed E-state index contributed by atoms with van der Waals surface area (Å²) in [6, 6.07) is -1.20. The van der Waals surface area contributed by atoms with Gasteiger partial charge in [0.05, 0.1) is 25.4 Å². The van der Waals surface area contributed by atoms with Crippen molar-refractivity contribution in [2.45, 2.75) is 217 Å². The Bertz CT molecular complexity index is 1050. The van der Waals surface area contributed by atoms with Gasteiger partial charge in [0.1, 0.15) is 36.6 Å². The molecule has 1 fully saturated rings. The molecule has 11 heteroatoms. The maximum absolute atomic E-state index is 13.0. The summed E-state index contributed by atoms with van der Waals surface area (Å²) in [6.45, 7) is 3.33. The molecule has 9 unspecified atom stereocenters. The molecule has 0 radical (unpaired) electrons.